The summed E-state index contributed by atoms with van der Waals surface area (Å²) in [6.45, 7) is 3.79. The minimum Gasteiger partial charge on any atom is -0.321 e. The Hall–Kier alpha value is -2.06. The normalized spacial score (nSPS) is 12.1. The van der Waals surface area contributed by atoms with Gasteiger partial charge < -0.3 is 5.32 Å². The van der Waals surface area contributed by atoms with Crippen LogP contribution in [-0.4, -0.2) is 19.8 Å². The third-order valence-electron chi connectivity index (χ3n) is 4.05. The fourth-order valence-electron chi connectivity index (χ4n) is 2.57. The van der Waals surface area contributed by atoms with Crippen LogP contribution in [0.25, 0.3) is 0 Å². The van der Waals surface area contributed by atoms with Crippen molar-refractivity contribution in [2.45, 2.75) is 37.1 Å². The summed E-state index contributed by atoms with van der Waals surface area (Å²) < 4.78 is 60.6. The van der Waals surface area contributed by atoms with Gasteiger partial charge in [-0.2, -0.15) is 13.2 Å². The average molecular weight is 420 g/mol. The number of aryl methyl sites for hydroxylation is 1. The van der Waals surface area contributed by atoms with Crippen molar-refractivity contribution in [3.63, 3.8) is 0 Å². The van der Waals surface area contributed by atoms with E-state index in [-0.39, 0.29) is 5.56 Å². The summed E-state index contributed by atoms with van der Waals surface area (Å²) in [6.07, 6.45) is 1.22. The van der Waals surface area contributed by atoms with Gasteiger partial charge in [0.25, 0.3) is 15.7 Å². The van der Waals surface area contributed by atoms with E-state index in [9.17, 15) is 26.4 Å². The summed E-state index contributed by atoms with van der Waals surface area (Å²) in [5.41, 5.74) is -3.20. The van der Waals surface area contributed by atoms with E-state index >= 15 is 0 Å². The number of sulfone groups is 1. The lowest BCUT2D eigenvalue weighted by atomic mass is 10.0. The van der Waals surface area contributed by atoms with E-state index in [0.29, 0.717) is 23.6 Å². The van der Waals surface area contributed by atoms with Gasteiger partial charge in [-0.3, -0.25) is 4.79 Å². The van der Waals surface area contributed by atoms with E-state index in [1.54, 1.807) is 12.1 Å². The molecular formula is C18H17ClF3NO3S. The van der Waals surface area contributed by atoms with Crippen LogP contribution in [0.5, 0.6) is 0 Å². The summed E-state index contributed by atoms with van der Waals surface area (Å²) in [5, 5.41) is 3.23. The number of benzene rings is 2. The monoisotopic (exact) mass is 419 g/mol. The zero-order chi connectivity index (χ0) is 20.4. The van der Waals surface area contributed by atoms with Crippen LogP contribution in [-0.2, 0) is 22.7 Å². The molecule has 1 amide bonds. The molecule has 0 spiro atoms. The van der Waals surface area contributed by atoms with Gasteiger partial charge in [0.15, 0.2) is 0 Å². The van der Waals surface area contributed by atoms with Crippen LogP contribution >= 0.6 is 11.6 Å². The lowest BCUT2D eigenvalue weighted by Gasteiger charge is -2.16. The van der Waals surface area contributed by atoms with Crippen molar-refractivity contribution < 1.29 is 26.4 Å². The number of carbonyl (C=O) groups is 1. The van der Waals surface area contributed by atoms with Crippen molar-refractivity contribution in [1.29, 1.82) is 0 Å². The average Bonchev–Trinajstić information content (AvgIpc) is 2.61. The van der Waals surface area contributed by atoms with Gasteiger partial charge in [0.2, 0.25) is 0 Å². The quantitative estimate of drug-likeness (QED) is 0.740. The van der Waals surface area contributed by atoms with Crippen molar-refractivity contribution in [3.05, 3.63) is 58.1 Å². The third-order valence-corrected chi connectivity index (χ3v) is 5.90. The summed E-state index contributed by atoms with van der Waals surface area (Å²) in [5.74, 6) is -0.572. The van der Waals surface area contributed by atoms with Crippen LogP contribution < -0.4 is 5.32 Å². The molecule has 27 heavy (non-hydrogen) atoms. The van der Waals surface area contributed by atoms with Gasteiger partial charge in [0.05, 0.1) is 4.90 Å². The topological polar surface area (TPSA) is 63.2 Å². The largest absolute Gasteiger partial charge is 0.501 e. The molecule has 2 aromatic carbocycles. The van der Waals surface area contributed by atoms with Crippen LogP contribution in [0.3, 0.4) is 0 Å². The number of hydrogen-bond donors (Lipinski definition) is 1. The molecule has 2 rings (SSSR count). The Labute approximate surface area is 160 Å². The fourth-order valence-corrected chi connectivity index (χ4v) is 3.62. The van der Waals surface area contributed by atoms with Crippen molar-refractivity contribution in [2.24, 2.45) is 0 Å². The van der Waals surface area contributed by atoms with E-state index in [0.717, 1.165) is 35.4 Å². The van der Waals surface area contributed by atoms with Crippen molar-refractivity contribution >= 4 is 33.0 Å². The Balaban J connectivity index is 2.35. The van der Waals surface area contributed by atoms with Crippen LogP contribution in [0.2, 0.25) is 5.02 Å². The zero-order valence-electron chi connectivity index (χ0n) is 14.5. The van der Waals surface area contributed by atoms with Gasteiger partial charge in [-0.25, -0.2) is 8.42 Å². The Kier molecular flexibility index (Phi) is 6.21. The SMILES string of the molecule is CCc1ccc(Cl)c(CC)c1NC(=O)c1ccc(S(=O)(=O)C(F)(F)F)cc1. The van der Waals surface area contributed by atoms with E-state index in [4.69, 9.17) is 11.6 Å². The van der Waals surface area contributed by atoms with Crippen LogP contribution in [0.4, 0.5) is 18.9 Å². The number of anilines is 1. The summed E-state index contributed by atoms with van der Waals surface area (Å²) in [7, 11) is -5.45. The molecule has 1 N–H and O–H groups in total. The maximum atomic E-state index is 12.6. The number of carbonyl (C=O) groups excluding carboxylic acids is 1. The molecule has 146 valence electrons. The van der Waals surface area contributed by atoms with Gasteiger partial charge in [0.1, 0.15) is 0 Å². The first-order valence-corrected chi connectivity index (χ1v) is 9.92. The molecule has 0 unspecified atom stereocenters. The number of nitrogens with one attached hydrogen (secondary N) is 1. The second-order valence-corrected chi connectivity index (χ2v) is 8.04. The second kappa shape index (κ2) is 7.90. The van der Waals surface area contributed by atoms with Crippen LogP contribution in [0.1, 0.15) is 35.3 Å². The van der Waals surface area contributed by atoms with Crippen molar-refractivity contribution in [2.75, 3.05) is 5.32 Å². The molecular weight excluding hydrogens is 403 g/mol. The smallest absolute Gasteiger partial charge is 0.321 e. The highest BCUT2D eigenvalue weighted by Crippen LogP contribution is 2.31. The van der Waals surface area contributed by atoms with Gasteiger partial charge in [-0.15, -0.1) is 0 Å². The maximum Gasteiger partial charge on any atom is 0.501 e. The van der Waals surface area contributed by atoms with Gasteiger partial charge in [-0.05, 0) is 54.3 Å². The highest BCUT2D eigenvalue weighted by molar-refractivity contribution is 7.92. The lowest BCUT2D eigenvalue weighted by molar-refractivity contribution is -0.0436. The van der Waals surface area contributed by atoms with E-state index in [2.05, 4.69) is 5.32 Å². The summed E-state index contributed by atoms with van der Waals surface area (Å²) in [6, 6.07) is 7.13. The molecule has 0 heterocycles. The minimum atomic E-state index is -5.45. The molecule has 0 atom stereocenters. The molecule has 0 aromatic heterocycles. The molecule has 0 aliphatic rings. The lowest BCUT2D eigenvalue weighted by Crippen LogP contribution is -2.23. The zero-order valence-corrected chi connectivity index (χ0v) is 16.1. The Morgan fingerprint density at radius 1 is 1.04 bits per heavy atom. The maximum absolute atomic E-state index is 12.6. The first-order valence-electron chi connectivity index (χ1n) is 8.06. The molecule has 0 saturated heterocycles. The van der Waals surface area contributed by atoms with E-state index in [1.165, 1.54) is 0 Å². The minimum absolute atomic E-state index is 0.0280. The Morgan fingerprint density at radius 3 is 2.11 bits per heavy atom. The first-order chi connectivity index (χ1) is 12.5. The van der Waals surface area contributed by atoms with Gasteiger partial charge in [-0.1, -0.05) is 31.5 Å². The molecule has 0 bridgehead atoms. The predicted molar refractivity (Wildman–Crippen MR) is 97.8 cm³/mol. The Morgan fingerprint density at radius 2 is 1.63 bits per heavy atom. The van der Waals surface area contributed by atoms with Crippen molar-refractivity contribution in [1.82, 2.24) is 0 Å². The predicted octanol–water partition coefficient (Wildman–Crippen LogP) is 5.01. The van der Waals surface area contributed by atoms with Gasteiger partial charge in [0, 0.05) is 16.3 Å². The Bertz CT molecular complexity index is 955. The van der Waals surface area contributed by atoms with E-state index < -0.39 is 26.1 Å². The molecule has 0 aliphatic carbocycles. The molecule has 2 aromatic rings. The highest BCUT2D eigenvalue weighted by atomic mass is 35.5. The van der Waals surface area contributed by atoms with Crippen molar-refractivity contribution in [3.8, 4) is 0 Å². The second-order valence-electron chi connectivity index (χ2n) is 5.69. The fraction of sp³-hybridized carbons (Fsp3) is 0.278. The van der Waals surface area contributed by atoms with Crippen LogP contribution in [0.15, 0.2) is 41.3 Å². The summed E-state index contributed by atoms with van der Waals surface area (Å²) >= 11 is 6.18. The number of hydrogen-bond acceptors (Lipinski definition) is 3. The number of rotatable bonds is 5. The third kappa shape index (κ3) is 4.27. The molecule has 0 fully saturated rings. The molecule has 0 aliphatic heterocycles. The van der Waals surface area contributed by atoms with E-state index in [1.807, 2.05) is 13.8 Å². The number of alkyl halides is 3. The molecule has 4 nitrogen and oxygen atoms in total. The molecule has 0 saturated carbocycles. The number of halogens is 4. The first kappa shape index (κ1) is 21.2. The highest BCUT2D eigenvalue weighted by Gasteiger charge is 2.46. The van der Waals surface area contributed by atoms with Crippen LogP contribution in [0, 0.1) is 0 Å². The summed E-state index contributed by atoms with van der Waals surface area (Å²) in [4.78, 5) is 11.6. The standard InChI is InChI=1S/C18H17ClF3NO3S/c1-3-11-7-10-15(19)14(4-2)16(11)23-17(24)12-5-8-13(9-6-12)27(25,26)18(20,21)22/h5-10H,3-4H2,1-2H3,(H,23,24). The molecule has 0 radical (unpaired) electrons. The molecule has 9 heteroatoms. The van der Waals surface area contributed by atoms with Gasteiger partial charge >= 0.3 is 5.51 Å². The number of amides is 1.